The zero-order chi connectivity index (χ0) is 16.8. The van der Waals surface area contributed by atoms with Crippen molar-refractivity contribution in [1.29, 1.82) is 0 Å². The highest BCUT2D eigenvalue weighted by Gasteiger charge is 2.16. The van der Waals surface area contributed by atoms with Crippen molar-refractivity contribution in [2.24, 2.45) is 4.99 Å². The minimum absolute atomic E-state index is 0. The first-order valence-corrected chi connectivity index (χ1v) is 8.01. The number of aliphatic imine (C=N–C) groups is 1. The topological polar surface area (TPSA) is 39.7 Å². The molecule has 1 rings (SSSR count). The van der Waals surface area contributed by atoms with Gasteiger partial charge in [0.05, 0.1) is 6.04 Å². The lowest BCUT2D eigenvalue weighted by Crippen LogP contribution is -2.49. The summed E-state index contributed by atoms with van der Waals surface area (Å²) >= 11 is 0. The summed E-state index contributed by atoms with van der Waals surface area (Å²) in [5, 5.41) is 6.82. The molecule has 0 spiro atoms. The molecular weight excluding hydrogens is 399 g/mol. The summed E-state index contributed by atoms with van der Waals surface area (Å²) in [6, 6.07) is 9.20. The highest BCUT2D eigenvalue weighted by molar-refractivity contribution is 14.0. The van der Waals surface area contributed by atoms with E-state index in [2.05, 4.69) is 86.6 Å². The lowest BCUT2D eigenvalue weighted by atomic mass is 10.0. The van der Waals surface area contributed by atoms with Gasteiger partial charge in [-0.2, -0.15) is 0 Å². The van der Waals surface area contributed by atoms with E-state index in [-0.39, 0.29) is 29.5 Å². The van der Waals surface area contributed by atoms with Crippen LogP contribution in [0.5, 0.6) is 0 Å². The van der Waals surface area contributed by atoms with Crippen LogP contribution in [-0.2, 0) is 6.42 Å². The average Bonchev–Trinajstić information content (AvgIpc) is 2.45. The van der Waals surface area contributed by atoms with Crippen molar-refractivity contribution in [3.63, 3.8) is 0 Å². The Morgan fingerprint density at radius 3 is 2.13 bits per heavy atom. The van der Waals surface area contributed by atoms with Crippen molar-refractivity contribution in [3.8, 4) is 0 Å². The first-order chi connectivity index (χ1) is 10.3. The van der Waals surface area contributed by atoms with Crippen LogP contribution in [0.15, 0.2) is 29.3 Å². The van der Waals surface area contributed by atoms with Gasteiger partial charge >= 0.3 is 0 Å². The van der Waals surface area contributed by atoms with Gasteiger partial charge in [0.1, 0.15) is 0 Å². The van der Waals surface area contributed by atoms with Crippen LogP contribution in [0.3, 0.4) is 0 Å². The number of hydrogen-bond acceptors (Lipinski definition) is 2. The van der Waals surface area contributed by atoms with Crippen LogP contribution in [0.1, 0.15) is 44.9 Å². The molecule has 0 bridgehead atoms. The number of rotatable bonds is 5. The van der Waals surface area contributed by atoms with Gasteiger partial charge in [-0.3, -0.25) is 4.99 Å². The number of aryl methyl sites for hydroxylation is 1. The highest BCUT2D eigenvalue weighted by atomic mass is 127. The molecular formula is C18H33IN4. The summed E-state index contributed by atoms with van der Waals surface area (Å²) in [7, 11) is 6.03. The Morgan fingerprint density at radius 2 is 1.74 bits per heavy atom. The number of nitrogens with zero attached hydrogens (tertiary/aromatic N) is 2. The van der Waals surface area contributed by atoms with Gasteiger partial charge in [0.25, 0.3) is 0 Å². The summed E-state index contributed by atoms with van der Waals surface area (Å²) < 4.78 is 0. The van der Waals surface area contributed by atoms with Crippen LogP contribution in [-0.4, -0.2) is 44.1 Å². The molecule has 0 saturated heterocycles. The third-order valence-electron chi connectivity index (χ3n) is 3.58. The van der Waals surface area contributed by atoms with E-state index in [1.807, 2.05) is 7.05 Å². The van der Waals surface area contributed by atoms with Gasteiger partial charge in [0.15, 0.2) is 5.96 Å². The van der Waals surface area contributed by atoms with E-state index >= 15 is 0 Å². The maximum atomic E-state index is 4.30. The second-order valence-corrected chi connectivity index (χ2v) is 6.90. The molecule has 5 heteroatoms. The Hall–Kier alpha value is -0.820. The molecule has 0 fully saturated rings. The lowest BCUT2D eigenvalue weighted by molar-refractivity contribution is 0.297. The molecule has 0 heterocycles. The quantitative estimate of drug-likeness (QED) is 0.426. The molecule has 2 N–H and O–H groups in total. The van der Waals surface area contributed by atoms with Crippen LogP contribution in [0.2, 0.25) is 0 Å². The van der Waals surface area contributed by atoms with Crippen LogP contribution in [0.4, 0.5) is 0 Å². The first-order valence-electron chi connectivity index (χ1n) is 8.01. The Bertz CT molecular complexity index is 475. The Kier molecular flexibility index (Phi) is 9.77. The predicted molar refractivity (Wildman–Crippen MR) is 112 cm³/mol. The minimum Gasteiger partial charge on any atom is -0.354 e. The number of guanidine groups is 1. The number of halogens is 1. The van der Waals surface area contributed by atoms with E-state index in [0.29, 0.717) is 6.04 Å². The van der Waals surface area contributed by atoms with Crippen molar-refractivity contribution in [2.45, 2.75) is 45.7 Å². The molecule has 0 aromatic heterocycles. The van der Waals surface area contributed by atoms with Crippen molar-refractivity contribution >= 4 is 29.9 Å². The van der Waals surface area contributed by atoms with E-state index < -0.39 is 0 Å². The summed E-state index contributed by atoms with van der Waals surface area (Å²) in [4.78, 5) is 6.54. The molecule has 1 atom stereocenters. The lowest BCUT2D eigenvalue weighted by Gasteiger charge is -2.28. The molecule has 23 heavy (non-hydrogen) atoms. The van der Waals surface area contributed by atoms with Crippen molar-refractivity contribution in [2.75, 3.05) is 27.7 Å². The van der Waals surface area contributed by atoms with E-state index in [1.165, 1.54) is 11.1 Å². The summed E-state index contributed by atoms with van der Waals surface area (Å²) in [5.74, 6) is 0.838. The van der Waals surface area contributed by atoms with Crippen LogP contribution in [0, 0.1) is 0 Å². The van der Waals surface area contributed by atoms with E-state index in [0.717, 1.165) is 18.9 Å². The average molecular weight is 432 g/mol. The smallest absolute Gasteiger partial charge is 0.191 e. The minimum atomic E-state index is -0.00176. The van der Waals surface area contributed by atoms with Gasteiger partial charge in [-0.15, -0.1) is 24.0 Å². The Balaban J connectivity index is 0.00000484. The fourth-order valence-corrected chi connectivity index (χ4v) is 2.30. The van der Waals surface area contributed by atoms with Gasteiger partial charge in [-0.05, 0) is 52.4 Å². The third-order valence-corrected chi connectivity index (χ3v) is 3.58. The van der Waals surface area contributed by atoms with E-state index in [4.69, 9.17) is 0 Å². The fourth-order valence-electron chi connectivity index (χ4n) is 2.30. The predicted octanol–water partition coefficient (Wildman–Crippen LogP) is 3.43. The second kappa shape index (κ2) is 10.1. The van der Waals surface area contributed by atoms with E-state index in [1.54, 1.807) is 0 Å². The largest absolute Gasteiger partial charge is 0.354 e. The number of benzene rings is 1. The molecule has 1 aromatic carbocycles. The molecule has 132 valence electrons. The van der Waals surface area contributed by atoms with Crippen LogP contribution in [0.25, 0.3) is 0 Å². The zero-order valence-corrected chi connectivity index (χ0v) is 17.9. The summed E-state index contributed by atoms with van der Waals surface area (Å²) in [6.45, 7) is 9.39. The number of nitrogens with one attached hydrogen (secondary N) is 2. The fraction of sp³-hybridized carbons (Fsp3) is 0.611. The second-order valence-electron chi connectivity index (χ2n) is 6.90. The van der Waals surface area contributed by atoms with Gasteiger partial charge < -0.3 is 15.5 Å². The molecule has 0 saturated carbocycles. The first kappa shape index (κ1) is 22.2. The Morgan fingerprint density at radius 1 is 1.17 bits per heavy atom. The zero-order valence-electron chi connectivity index (χ0n) is 15.6. The van der Waals surface area contributed by atoms with Crippen molar-refractivity contribution < 1.29 is 0 Å². The number of hydrogen-bond donors (Lipinski definition) is 2. The van der Waals surface area contributed by atoms with Crippen molar-refractivity contribution in [3.05, 3.63) is 35.4 Å². The molecule has 0 amide bonds. The normalized spacial score (nSPS) is 13.5. The molecule has 0 radical (unpaired) electrons. The third kappa shape index (κ3) is 8.01. The van der Waals surface area contributed by atoms with Crippen LogP contribution < -0.4 is 10.6 Å². The summed E-state index contributed by atoms with van der Waals surface area (Å²) in [6.07, 6.45) is 1.08. The standard InChI is InChI=1S/C18H32N4.HI/c1-8-14-9-11-15(12-10-14)16(22(6)7)13-20-17(19-5)21-18(2,3)4;/h9-12,16H,8,13H2,1-7H3,(H2,19,20,21);1H. The van der Waals surface area contributed by atoms with Gasteiger partial charge in [0.2, 0.25) is 0 Å². The van der Waals surface area contributed by atoms with Gasteiger partial charge in [0, 0.05) is 19.1 Å². The molecule has 4 nitrogen and oxygen atoms in total. The number of likely N-dealkylation sites (N-methyl/N-ethyl adjacent to an activating group) is 1. The SMILES string of the molecule is CCc1ccc(C(CNC(=NC)NC(C)(C)C)N(C)C)cc1.I. The van der Waals surface area contributed by atoms with Gasteiger partial charge in [-0.1, -0.05) is 31.2 Å². The van der Waals surface area contributed by atoms with Gasteiger partial charge in [-0.25, -0.2) is 0 Å². The highest BCUT2D eigenvalue weighted by Crippen LogP contribution is 2.18. The maximum absolute atomic E-state index is 4.30. The van der Waals surface area contributed by atoms with E-state index in [9.17, 15) is 0 Å². The molecule has 1 aromatic rings. The maximum Gasteiger partial charge on any atom is 0.191 e. The summed E-state index contributed by atoms with van der Waals surface area (Å²) in [5.41, 5.74) is 2.69. The monoisotopic (exact) mass is 432 g/mol. The molecule has 1 unspecified atom stereocenters. The van der Waals surface area contributed by atoms with Crippen LogP contribution >= 0.6 is 24.0 Å². The molecule has 0 aliphatic heterocycles. The molecule has 0 aliphatic rings. The van der Waals surface area contributed by atoms with Crippen molar-refractivity contribution in [1.82, 2.24) is 15.5 Å². The Labute approximate surface area is 159 Å². The molecule has 0 aliphatic carbocycles.